The van der Waals surface area contributed by atoms with Crippen molar-refractivity contribution >= 4 is 11.8 Å². The number of rotatable bonds is 2. The van der Waals surface area contributed by atoms with Crippen molar-refractivity contribution in [2.75, 3.05) is 26.2 Å². The summed E-state index contributed by atoms with van der Waals surface area (Å²) in [5.41, 5.74) is 1.44. The van der Waals surface area contributed by atoms with Crippen molar-refractivity contribution in [3.05, 3.63) is 23.8 Å². The van der Waals surface area contributed by atoms with Gasteiger partial charge >= 0.3 is 11.8 Å². The molecule has 1 aromatic rings. The Morgan fingerprint density at radius 3 is 2.68 bits per heavy atom. The van der Waals surface area contributed by atoms with Crippen molar-refractivity contribution in [2.24, 2.45) is 0 Å². The molecule has 0 bridgehead atoms. The summed E-state index contributed by atoms with van der Waals surface area (Å²) in [7, 11) is 0. The molecule has 1 saturated heterocycles. The monoisotopic (exact) mass is 263 g/mol. The molecule has 0 unspecified atom stereocenters. The first kappa shape index (κ1) is 13.4. The van der Waals surface area contributed by atoms with Crippen LogP contribution in [-0.4, -0.2) is 52.9 Å². The molecule has 19 heavy (non-hydrogen) atoms. The highest BCUT2D eigenvalue weighted by Gasteiger charge is 2.22. The van der Waals surface area contributed by atoms with Gasteiger partial charge in [0.25, 0.3) is 0 Å². The molecule has 102 valence electrons. The van der Waals surface area contributed by atoms with E-state index >= 15 is 0 Å². The highest BCUT2D eigenvalue weighted by atomic mass is 16.2. The summed E-state index contributed by atoms with van der Waals surface area (Å²) < 4.78 is 0. The van der Waals surface area contributed by atoms with Gasteiger partial charge in [-0.05, 0) is 6.92 Å². The molecule has 2 rings (SSSR count). The lowest BCUT2D eigenvalue weighted by atomic mass is 10.3. The van der Waals surface area contributed by atoms with Gasteiger partial charge in [-0.25, -0.2) is 0 Å². The second kappa shape index (κ2) is 6.24. The van der Waals surface area contributed by atoms with E-state index in [1.807, 2.05) is 6.92 Å². The van der Waals surface area contributed by atoms with Gasteiger partial charge in [0.15, 0.2) is 0 Å². The van der Waals surface area contributed by atoms with E-state index in [0.29, 0.717) is 18.8 Å². The van der Waals surface area contributed by atoms with Gasteiger partial charge in [-0.2, -0.15) is 0 Å². The van der Waals surface area contributed by atoms with Crippen LogP contribution in [0.5, 0.6) is 0 Å². The molecule has 1 aliphatic rings. The third kappa shape index (κ3) is 3.72. The van der Waals surface area contributed by atoms with Gasteiger partial charge in [0.1, 0.15) is 0 Å². The quantitative estimate of drug-likeness (QED) is 0.657. The fraction of sp³-hybridized carbons (Fsp3) is 0.500. The molecular weight excluding hydrogens is 246 g/mol. The van der Waals surface area contributed by atoms with Gasteiger partial charge in [-0.3, -0.25) is 19.6 Å². The first-order valence-corrected chi connectivity index (χ1v) is 6.22. The standard InChI is InChI=1S/C12H17N5O2/c1-9-6-15-10(7-14-9)8-16-11(18)12(19)17-4-2-13-3-5-17/h6-7,13H,2-5,8H2,1H3,(H,16,18). The molecular formula is C12H17N5O2. The topological polar surface area (TPSA) is 87.2 Å². The van der Waals surface area contributed by atoms with Crippen molar-refractivity contribution < 1.29 is 9.59 Å². The Balaban J connectivity index is 1.83. The number of aromatic nitrogens is 2. The van der Waals surface area contributed by atoms with E-state index in [1.165, 1.54) is 0 Å². The van der Waals surface area contributed by atoms with Crippen molar-refractivity contribution in [1.82, 2.24) is 25.5 Å². The zero-order chi connectivity index (χ0) is 13.7. The second-order valence-electron chi connectivity index (χ2n) is 4.37. The predicted octanol–water partition coefficient (Wildman–Crippen LogP) is -1.17. The molecule has 0 saturated carbocycles. The lowest BCUT2D eigenvalue weighted by Crippen LogP contribution is -2.51. The minimum Gasteiger partial charge on any atom is -0.342 e. The largest absolute Gasteiger partial charge is 0.342 e. The second-order valence-corrected chi connectivity index (χ2v) is 4.37. The maximum absolute atomic E-state index is 11.8. The van der Waals surface area contributed by atoms with Crippen LogP contribution >= 0.6 is 0 Å². The van der Waals surface area contributed by atoms with Crippen molar-refractivity contribution in [2.45, 2.75) is 13.5 Å². The lowest BCUT2D eigenvalue weighted by Gasteiger charge is -2.26. The maximum Gasteiger partial charge on any atom is 0.311 e. The van der Waals surface area contributed by atoms with E-state index in [-0.39, 0.29) is 6.54 Å². The molecule has 7 heteroatoms. The van der Waals surface area contributed by atoms with Crippen molar-refractivity contribution in [3.8, 4) is 0 Å². The van der Waals surface area contributed by atoms with E-state index in [1.54, 1.807) is 17.3 Å². The van der Waals surface area contributed by atoms with Gasteiger partial charge in [0.2, 0.25) is 0 Å². The smallest absolute Gasteiger partial charge is 0.311 e. The van der Waals surface area contributed by atoms with Crippen LogP contribution in [-0.2, 0) is 16.1 Å². The van der Waals surface area contributed by atoms with Crippen LogP contribution in [0.1, 0.15) is 11.4 Å². The minimum absolute atomic E-state index is 0.212. The Morgan fingerprint density at radius 1 is 1.32 bits per heavy atom. The first-order valence-electron chi connectivity index (χ1n) is 6.22. The van der Waals surface area contributed by atoms with Gasteiger partial charge < -0.3 is 15.5 Å². The Morgan fingerprint density at radius 2 is 2.05 bits per heavy atom. The Bertz CT molecular complexity index is 454. The van der Waals surface area contributed by atoms with E-state index < -0.39 is 11.8 Å². The van der Waals surface area contributed by atoms with Gasteiger partial charge in [0.05, 0.1) is 24.1 Å². The molecule has 1 aromatic heterocycles. The van der Waals surface area contributed by atoms with Crippen LogP contribution in [0.15, 0.2) is 12.4 Å². The van der Waals surface area contributed by atoms with Crippen molar-refractivity contribution in [3.63, 3.8) is 0 Å². The number of carbonyl (C=O) groups is 2. The summed E-state index contributed by atoms with van der Waals surface area (Å²) >= 11 is 0. The number of piperazine rings is 1. The normalized spacial score (nSPS) is 15.1. The molecule has 0 aromatic carbocycles. The highest BCUT2D eigenvalue weighted by molar-refractivity contribution is 6.34. The lowest BCUT2D eigenvalue weighted by molar-refractivity contribution is -0.146. The number of amides is 2. The van der Waals surface area contributed by atoms with E-state index in [0.717, 1.165) is 18.8 Å². The van der Waals surface area contributed by atoms with Gasteiger partial charge in [-0.15, -0.1) is 0 Å². The van der Waals surface area contributed by atoms with E-state index in [2.05, 4.69) is 20.6 Å². The molecule has 7 nitrogen and oxygen atoms in total. The summed E-state index contributed by atoms with van der Waals surface area (Å²) in [4.78, 5) is 33.3. The molecule has 2 heterocycles. The SMILES string of the molecule is Cc1cnc(CNC(=O)C(=O)N2CCNCC2)cn1. The fourth-order valence-electron chi connectivity index (χ4n) is 1.77. The van der Waals surface area contributed by atoms with Gasteiger partial charge in [0, 0.05) is 32.4 Å². The van der Waals surface area contributed by atoms with Crippen LogP contribution in [0.25, 0.3) is 0 Å². The Labute approximate surface area is 111 Å². The minimum atomic E-state index is -0.593. The fourth-order valence-corrected chi connectivity index (χ4v) is 1.77. The maximum atomic E-state index is 11.8. The summed E-state index contributed by atoms with van der Waals surface area (Å²) in [5, 5.41) is 5.69. The molecule has 2 amide bonds. The number of aryl methyl sites for hydroxylation is 1. The first-order chi connectivity index (χ1) is 9.16. The summed E-state index contributed by atoms with van der Waals surface area (Å²) in [6, 6.07) is 0. The zero-order valence-electron chi connectivity index (χ0n) is 10.8. The summed E-state index contributed by atoms with van der Waals surface area (Å²) in [6.07, 6.45) is 3.21. The van der Waals surface area contributed by atoms with Crippen LogP contribution in [0.4, 0.5) is 0 Å². The number of hydrogen-bond acceptors (Lipinski definition) is 5. The Kier molecular flexibility index (Phi) is 4.40. The average molecular weight is 263 g/mol. The molecule has 0 aliphatic carbocycles. The highest BCUT2D eigenvalue weighted by Crippen LogP contribution is 1.96. The van der Waals surface area contributed by atoms with Gasteiger partial charge in [-0.1, -0.05) is 0 Å². The third-order valence-electron chi connectivity index (χ3n) is 2.86. The molecule has 0 radical (unpaired) electrons. The molecule has 2 N–H and O–H groups in total. The summed E-state index contributed by atoms with van der Waals surface area (Å²) in [5.74, 6) is -1.08. The van der Waals surface area contributed by atoms with Crippen molar-refractivity contribution in [1.29, 1.82) is 0 Å². The summed E-state index contributed by atoms with van der Waals surface area (Å²) in [6.45, 7) is 4.63. The molecule has 1 fully saturated rings. The third-order valence-corrected chi connectivity index (χ3v) is 2.86. The van der Waals surface area contributed by atoms with E-state index in [9.17, 15) is 9.59 Å². The molecule has 0 spiro atoms. The zero-order valence-corrected chi connectivity index (χ0v) is 10.8. The average Bonchev–Trinajstić information content (AvgIpc) is 2.46. The number of nitrogens with zero attached hydrogens (tertiary/aromatic N) is 3. The molecule has 0 atom stereocenters. The van der Waals surface area contributed by atoms with Crippen LogP contribution < -0.4 is 10.6 Å². The van der Waals surface area contributed by atoms with Crippen LogP contribution in [0.3, 0.4) is 0 Å². The molecule has 1 aliphatic heterocycles. The van der Waals surface area contributed by atoms with Crippen LogP contribution in [0, 0.1) is 6.92 Å². The predicted molar refractivity (Wildman–Crippen MR) is 68.1 cm³/mol. The van der Waals surface area contributed by atoms with E-state index in [4.69, 9.17) is 0 Å². The number of carbonyl (C=O) groups excluding carboxylic acids is 2. The van der Waals surface area contributed by atoms with Crippen LogP contribution in [0.2, 0.25) is 0 Å². The number of nitrogens with one attached hydrogen (secondary N) is 2. The number of hydrogen-bond donors (Lipinski definition) is 2. The Hall–Kier alpha value is -2.02.